The van der Waals surface area contributed by atoms with Crippen LogP contribution in [0.2, 0.25) is 0 Å². The van der Waals surface area contributed by atoms with Gasteiger partial charge in [0.25, 0.3) is 0 Å². The van der Waals surface area contributed by atoms with Crippen LogP contribution in [0.1, 0.15) is 0 Å². The number of hydrogen-bond acceptors (Lipinski definition) is 4. The van der Waals surface area contributed by atoms with E-state index in [1.807, 2.05) is 48.5 Å². The fourth-order valence-electron chi connectivity index (χ4n) is 15.7. The zero-order valence-corrected chi connectivity index (χ0v) is 57.5. The predicted octanol–water partition coefficient (Wildman–Crippen LogP) is 25.0. The van der Waals surface area contributed by atoms with Gasteiger partial charge in [0.2, 0.25) is 0 Å². The van der Waals surface area contributed by atoms with Crippen molar-refractivity contribution in [3.8, 4) is 102 Å². The zero-order valence-electron chi connectivity index (χ0n) is 57.5. The largest absolute Gasteiger partial charge is 0.309 e. The van der Waals surface area contributed by atoms with E-state index in [2.05, 4.69) is 358 Å². The lowest BCUT2D eigenvalue weighted by Gasteiger charge is -2.12. The molecule has 21 aromatic rings. The lowest BCUT2D eigenvalue weighted by molar-refractivity contribution is 1.05. The molecule has 0 radical (unpaired) electrons. The molecule has 15 aromatic carbocycles. The molecule has 496 valence electrons. The van der Waals surface area contributed by atoms with Crippen LogP contribution in [0.15, 0.2) is 388 Å². The van der Waals surface area contributed by atoms with Gasteiger partial charge in [0, 0.05) is 88.9 Å². The molecule has 0 bridgehead atoms. The second-order valence-corrected chi connectivity index (χ2v) is 26.9. The van der Waals surface area contributed by atoms with Gasteiger partial charge in [0.15, 0.2) is 11.6 Å². The SMILES string of the molecule is c1ccc(-c2cc(-n3c4ccccc4c4cc(-c5ccc6c(c5)c5ccccc5n6-c5ccccc5)ccc43)nc(-c3ccccc3)n2)cc1.c1ccc(-c2ccc(-n3c4ccccc4c4cc(-c5ccc6c(c5)c5ccccc5n6-c5cc(-c6ccccc6)nc(-c6ccccc6)n5)ccc43)cc2)cc1. The molecule has 8 heteroatoms. The molecule has 0 aliphatic rings. The van der Waals surface area contributed by atoms with Crippen LogP contribution in [0.4, 0.5) is 0 Å². The first-order chi connectivity index (χ1) is 52.6. The van der Waals surface area contributed by atoms with E-state index in [0.29, 0.717) is 11.6 Å². The van der Waals surface area contributed by atoms with Gasteiger partial charge in [-0.1, -0.05) is 279 Å². The van der Waals surface area contributed by atoms with Crippen LogP contribution in [-0.4, -0.2) is 38.2 Å². The van der Waals surface area contributed by atoms with Gasteiger partial charge in [0.05, 0.1) is 55.5 Å². The summed E-state index contributed by atoms with van der Waals surface area (Å²) in [4.78, 5) is 20.5. The Kier molecular flexibility index (Phi) is 15.0. The number of aromatic nitrogens is 8. The Morgan fingerprint density at radius 3 is 0.745 bits per heavy atom. The number of hydrogen-bond donors (Lipinski definition) is 0. The summed E-state index contributed by atoms with van der Waals surface area (Å²) in [6.45, 7) is 0. The van der Waals surface area contributed by atoms with E-state index in [9.17, 15) is 0 Å². The number of rotatable bonds is 11. The molecular weight excluding hydrogens is 1290 g/mol. The summed E-state index contributed by atoms with van der Waals surface area (Å²) in [5, 5.41) is 9.70. The van der Waals surface area contributed by atoms with Gasteiger partial charge in [-0.05, 0) is 130 Å². The Hall–Kier alpha value is -14.3. The van der Waals surface area contributed by atoms with Crippen molar-refractivity contribution in [2.24, 2.45) is 0 Å². The maximum Gasteiger partial charge on any atom is 0.162 e. The van der Waals surface area contributed by atoms with Crippen molar-refractivity contribution >= 4 is 87.2 Å². The van der Waals surface area contributed by atoms with Crippen LogP contribution in [0.5, 0.6) is 0 Å². The maximum atomic E-state index is 5.21. The van der Waals surface area contributed by atoms with Crippen molar-refractivity contribution in [1.82, 2.24) is 38.2 Å². The van der Waals surface area contributed by atoms with E-state index in [1.165, 1.54) is 98.5 Å². The van der Waals surface area contributed by atoms with Crippen molar-refractivity contribution in [2.45, 2.75) is 0 Å². The molecule has 0 saturated carbocycles. The Morgan fingerprint density at radius 1 is 0.151 bits per heavy atom. The van der Waals surface area contributed by atoms with Gasteiger partial charge in [-0.3, -0.25) is 9.13 Å². The quantitative estimate of drug-likeness (QED) is 0.129. The first-order valence-corrected chi connectivity index (χ1v) is 35.9. The zero-order chi connectivity index (χ0) is 70.0. The van der Waals surface area contributed by atoms with E-state index >= 15 is 0 Å². The summed E-state index contributed by atoms with van der Waals surface area (Å²) in [6.07, 6.45) is 0. The highest BCUT2D eigenvalue weighted by Crippen LogP contribution is 2.42. The lowest BCUT2D eigenvalue weighted by Crippen LogP contribution is -2.02. The second-order valence-electron chi connectivity index (χ2n) is 26.9. The molecule has 0 unspecified atom stereocenters. The molecule has 0 atom stereocenters. The van der Waals surface area contributed by atoms with Crippen LogP contribution >= 0.6 is 0 Å². The summed E-state index contributed by atoms with van der Waals surface area (Å²) < 4.78 is 9.32. The van der Waals surface area contributed by atoms with Gasteiger partial charge in [-0.2, -0.15) is 0 Å². The summed E-state index contributed by atoms with van der Waals surface area (Å²) in [5.41, 5.74) is 24.5. The minimum Gasteiger partial charge on any atom is -0.309 e. The van der Waals surface area contributed by atoms with Gasteiger partial charge < -0.3 is 9.13 Å². The number of fused-ring (bicyclic) bond motifs is 12. The second kappa shape index (κ2) is 25.9. The van der Waals surface area contributed by atoms with Crippen LogP contribution in [0, 0.1) is 0 Å². The Morgan fingerprint density at radius 2 is 0.396 bits per heavy atom. The monoisotopic (exact) mass is 1350 g/mol. The minimum atomic E-state index is 0.698. The molecule has 6 heterocycles. The minimum absolute atomic E-state index is 0.698. The fourth-order valence-corrected chi connectivity index (χ4v) is 15.7. The average molecular weight is 1350 g/mol. The van der Waals surface area contributed by atoms with Crippen LogP contribution in [0.25, 0.3) is 189 Å². The molecular formula is C98H64N8. The van der Waals surface area contributed by atoms with Gasteiger partial charge in [-0.15, -0.1) is 0 Å². The molecule has 0 N–H and O–H groups in total. The number of nitrogens with zero attached hydrogens (tertiary/aromatic N) is 8. The van der Waals surface area contributed by atoms with Crippen molar-refractivity contribution in [3.05, 3.63) is 388 Å². The van der Waals surface area contributed by atoms with Crippen LogP contribution in [-0.2, 0) is 0 Å². The average Bonchev–Trinajstić information content (AvgIpc) is 1.60. The van der Waals surface area contributed by atoms with Crippen molar-refractivity contribution in [2.75, 3.05) is 0 Å². The van der Waals surface area contributed by atoms with E-state index in [0.717, 1.165) is 78.7 Å². The van der Waals surface area contributed by atoms with E-state index in [1.54, 1.807) is 0 Å². The molecule has 106 heavy (non-hydrogen) atoms. The van der Waals surface area contributed by atoms with Gasteiger partial charge >= 0.3 is 0 Å². The third-order valence-corrected chi connectivity index (χ3v) is 20.7. The highest BCUT2D eigenvalue weighted by molar-refractivity contribution is 6.15. The van der Waals surface area contributed by atoms with Crippen molar-refractivity contribution in [3.63, 3.8) is 0 Å². The molecule has 0 amide bonds. The van der Waals surface area contributed by atoms with Crippen molar-refractivity contribution < 1.29 is 0 Å². The third-order valence-electron chi connectivity index (χ3n) is 20.7. The van der Waals surface area contributed by atoms with Gasteiger partial charge in [0.1, 0.15) is 11.6 Å². The van der Waals surface area contributed by atoms with Crippen LogP contribution in [0.3, 0.4) is 0 Å². The van der Waals surface area contributed by atoms with Crippen LogP contribution < -0.4 is 0 Å². The Bertz CT molecular complexity index is 6790. The van der Waals surface area contributed by atoms with E-state index < -0.39 is 0 Å². The lowest BCUT2D eigenvalue weighted by atomic mass is 10.0. The highest BCUT2D eigenvalue weighted by Gasteiger charge is 2.22. The molecule has 8 nitrogen and oxygen atoms in total. The van der Waals surface area contributed by atoms with Crippen molar-refractivity contribution in [1.29, 1.82) is 0 Å². The highest BCUT2D eigenvalue weighted by atomic mass is 15.1. The van der Waals surface area contributed by atoms with Gasteiger partial charge in [-0.25, -0.2) is 19.9 Å². The van der Waals surface area contributed by atoms with E-state index in [4.69, 9.17) is 19.9 Å². The Balaban J connectivity index is 0.000000141. The topological polar surface area (TPSA) is 71.3 Å². The third kappa shape index (κ3) is 10.8. The smallest absolute Gasteiger partial charge is 0.162 e. The predicted molar refractivity (Wildman–Crippen MR) is 439 cm³/mol. The normalized spacial score (nSPS) is 11.6. The van der Waals surface area contributed by atoms with E-state index in [-0.39, 0.29) is 0 Å². The number of benzene rings is 15. The maximum absolute atomic E-state index is 5.21. The first-order valence-electron chi connectivity index (χ1n) is 35.9. The summed E-state index contributed by atoms with van der Waals surface area (Å²) in [7, 11) is 0. The number of para-hydroxylation sites is 5. The first kappa shape index (κ1) is 61.5. The molecule has 0 saturated heterocycles. The fraction of sp³-hybridized carbons (Fsp3) is 0. The molecule has 0 fully saturated rings. The molecule has 0 aliphatic heterocycles. The molecule has 0 spiro atoms. The summed E-state index contributed by atoms with van der Waals surface area (Å²) in [6, 6.07) is 138. The Labute approximate surface area is 611 Å². The molecule has 6 aromatic heterocycles. The molecule has 21 rings (SSSR count). The standard InChI is InChI=1S/C52H34N4.C46H30N4/c1-4-14-35(15-5-1)36-24-28-41(29-25-36)55-47-22-12-10-20-42(47)44-32-39(26-30-49(44)55)40-27-31-50-45(33-40)43-21-11-13-23-48(43)56(50)51-34-46(37-16-6-2-7-17-37)53-52(54-51)38-18-8-3-9-19-38;1-4-14-31(15-5-1)40-30-45(48-46(47-40)32-16-6-2-7-17-32)50-42-23-13-11-21-37(42)39-29-34(25-27-44(39)50)33-24-26-43-38(28-33)36-20-10-12-22-41(36)49(43)35-18-8-3-9-19-35/h1-34H;1-30H. The summed E-state index contributed by atoms with van der Waals surface area (Å²) in [5.74, 6) is 3.08. The molecule has 0 aliphatic carbocycles. The summed E-state index contributed by atoms with van der Waals surface area (Å²) >= 11 is 0.